The molecule has 2 heteroatoms. The number of hydrogen-bond donors (Lipinski definition) is 0. The molecule has 0 amide bonds. The van der Waals surface area contributed by atoms with Gasteiger partial charge < -0.3 is 0 Å². The largest absolute Gasteiger partial charge is 0.258 e. The van der Waals surface area contributed by atoms with E-state index in [-0.39, 0.29) is 0 Å². The Kier molecular flexibility index (Phi) is 3.30. The van der Waals surface area contributed by atoms with Crippen molar-refractivity contribution in [3.05, 3.63) is 29.1 Å². The predicted molar refractivity (Wildman–Crippen MR) is 56.3 cm³/mol. The second kappa shape index (κ2) is 4.04. The lowest BCUT2D eigenvalue weighted by Gasteiger charge is -2.02. The molecule has 0 aromatic carbocycles. The number of nitrogens with zero attached hydrogens (tertiary/aromatic N) is 1. The van der Waals surface area contributed by atoms with Gasteiger partial charge in [0.05, 0.1) is 0 Å². The SMILES string of the molecule is Cc1ccc(CCI)c(C)n1. The highest BCUT2D eigenvalue weighted by molar-refractivity contribution is 14.1. The first kappa shape index (κ1) is 8.97. The molecule has 1 aromatic heterocycles. The highest BCUT2D eigenvalue weighted by atomic mass is 127. The van der Waals surface area contributed by atoms with Crippen LogP contribution in [0.3, 0.4) is 0 Å². The van der Waals surface area contributed by atoms with Gasteiger partial charge in [-0.15, -0.1) is 0 Å². The van der Waals surface area contributed by atoms with Crippen LogP contribution in [0.25, 0.3) is 0 Å². The van der Waals surface area contributed by atoms with E-state index in [4.69, 9.17) is 0 Å². The highest BCUT2D eigenvalue weighted by Gasteiger charge is 1.97. The fraction of sp³-hybridized carbons (Fsp3) is 0.444. The molecule has 0 saturated carbocycles. The lowest BCUT2D eigenvalue weighted by Crippen LogP contribution is -1.94. The van der Waals surface area contributed by atoms with Gasteiger partial charge in [0.2, 0.25) is 0 Å². The fourth-order valence-corrected chi connectivity index (χ4v) is 1.66. The average molecular weight is 261 g/mol. The van der Waals surface area contributed by atoms with E-state index in [9.17, 15) is 0 Å². The Morgan fingerprint density at radius 2 is 2.09 bits per heavy atom. The van der Waals surface area contributed by atoms with Crippen LogP contribution in [-0.2, 0) is 6.42 Å². The third-order valence-corrected chi connectivity index (χ3v) is 2.24. The minimum Gasteiger partial charge on any atom is -0.258 e. The van der Waals surface area contributed by atoms with Crippen molar-refractivity contribution in [1.29, 1.82) is 0 Å². The zero-order chi connectivity index (χ0) is 8.27. The third-order valence-electron chi connectivity index (χ3n) is 1.70. The van der Waals surface area contributed by atoms with E-state index in [1.54, 1.807) is 0 Å². The number of rotatable bonds is 2. The Balaban J connectivity index is 2.90. The van der Waals surface area contributed by atoms with Gasteiger partial charge in [0.15, 0.2) is 0 Å². The molecule has 60 valence electrons. The summed E-state index contributed by atoms with van der Waals surface area (Å²) < 4.78 is 1.17. The Morgan fingerprint density at radius 1 is 1.36 bits per heavy atom. The maximum atomic E-state index is 4.39. The molecule has 0 bridgehead atoms. The van der Waals surface area contributed by atoms with Crippen molar-refractivity contribution >= 4 is 22.6 Å². The molecule has 1 aromatic rings. The van der Waals surface area contributed by atoms with E-state index in [2.05, 4.69) is 46.6 Å². The van der Waals surface area contributed by atoms with Gasteiger partial charge in [0, 0.05) is 15.8 Å². The topological polar surface area (TPSA) is 12.9 Å². The minimum absolute atomic E-state index is 1.11. The van der Waals surface area contributed by atoms with Crippen LogP contribution >= 0.6 is 22.6 Å². The average Bonchev–Trinajstić information content (AvgIpc) is 1.95. The van der Waals surface area contributed by atoms with Gasteiger partial charge in [-0.3, -0.25) is 4.98 Å². The second-order valence-corrected chi connectivity index (χ2v) is 3.71. The van der Waals surface area contributed by atoms with Crippen molar-refractivity contribution in [1.82, 2.24) is 4.98 Å². The predicted octanol–water partition coefficient (Wildman–Crippen LogP) is 2.68. The van der Waals surface area contributed by atoms with E-state index in [1.165, 1.54) is 15.7 Å². The molecule has 0 radical (unpaired) electrons. The van der Waals surface area contributed by atoms with Crippen LogP contribution in [0.5, 0.6) is 0 Å². The highest BCUT2D eigenvalue weighted by Crippen LogP contribution is 2.08. The van der Waals surface area contributed by atoms with Gasteiger partial charge in [0.1, 0.15) is 0 Å². The minimum atomic E-state index is 1.11. The van der Waals surface area contributed by atoms with Crippen LogP contribution in [-0.4, -0.2) is 9.41 Å². The van der Waals surface area contributed by atoms with Gasteiger partial charge >= 0.3 is 0 Å². The first-order chi connectivity index (χ1) is 5.24. The molecule has 1 heterocycles. The summed E-state index contributed by atoms with van der Waals surface area (Å²) in [6.07, 6.45) is 1.14. The smallest absolute Gasteiger partial charge is 0.0408 e. The molecule has 11 heavy (non-hydrogen) atoms. The van der Waals surface area contributed by atoms with Gasteiger partial charge in [0.25, 0.3) is 0 Å². The number of halogens is 1. The molecule has 0 spiro atoms. The van der Waals surface area contributed by atoms with Gasteiger partial charge in [-0.25, -0.2) is 0 Å². The van der Waals surface area contributed by atoms with Crippen molar-refractivity contribution in [2.75, 3.05) is 4.43 Å². The Hall–Kier alpha value is -0.120. The van der Waals surface area contributed by atoms with E-state index in [0.717, 1.165) is 12.1 Å². The summed E-state index contributed by atoms with van der Waals surface area (Å²) in [5, 5.41) is 0. The van der Waals surface area contributed by atoms with E-state index < -0.39 is 0 Å². The maximum absolute atomic E-state index is 4.39. The summed E-state index contributed by atoms with van der Waals surface area (Å²) in [5.41, 5.74) is 3.67. The number of alkyl halides is 1. The molecule has 0 unspecified atom stereocenters. The van der Waals surface area contributed by atoms with Crippen molar-refractivity contribution in [3.8, 4) is 0 Å². The van der Waals surface area contributed by atoms with Crippen LogP contribution in [0.2, 0.25) is 0 Å². The van der Waals surface area contributed by atoms with Crippen molar-refractivity contribution in [2.45, 2.75) is 20.3 Å². The Morgan fingerprint density at radius 3 is 2.64 bits per heavy atom. The maximum Gasteiger partial charge on any atom is 0.0408 e. The molecule has 1 nitrogen and oxygen atoms in total. The van der Waals surface area contributed by atoms with E-state index >= 15 is 0 Å². The molecule has 0 aliphatic carbocycles. The van der Waals surface area contributed by atoms with E-state index in [1.807, 2.05) is 6.92 Å². The number of aryl methyl sites for hydroxylation is 3. The number of aromatic nitrogens is 1. The van der Waals surface area contributed by atoms with Crippen molar-refractivity contribution < 1.29 is 0 Å². The lowest BCUT2D eigenvalue weighted by molar-refractivity contribution is 1.03. The molecule has 0 fully saturated rings. The Labute approximate surface area is 81.4 Å². The summed E-state index contributed by atoms with van der Waals surface area (Å²) in [6, 6.07) is 4.25. The molecule has 0 aliphatic rings. The number of pyridine rings is 1. The molecule has 0 aliphatic heterocycles. The summed E-state index contributed by atoms with van der Waals surface area (Å²) in [4.78, 5) is 4.39. The molecule has 1 rings (SSSR count). The second-order valence-electron chi connectivity index (χ2n) is 2.64. The van der Waals surface area contributed by atoms with Crippen molar-refractivity contribution in [2.24, 2.45) is 0 Å². The molecular weight excluding hydrogens is 249 g/mol. The standard InChI is InChI=1S/C9H12IN/c1-7-3-4-9(5-6-10)8(2)11-7/h3-4H,5-6H2,1-2H3. The fourth-order valence-electron chi connectivity index (χ4n) is 1.08. The monoisotopic (exact) mass is 261 g/mol. The van der Waals surface area contributed by atoms with Crippen LogP contribution in [0, 0.1) is 13.8 Å². The summed E-state index contributed by atoms with van der Waals surface area (Å²) in [7, 11) is 0. The van der Waals surface area contributed by atoms with Crippen LogP contribution < -0.4 is 0 Å². The molecule has 0 saturated heterocycles. The number of hydrogen-bond acceptors (Lipinski definition) is 1. The van der Waals surface area contributed by atoms with Crippen molar-refractivity contribution in [3.63, 3.8) is 0 Å². The van der Waals surface area contributed by atoms with Crippen LogP contribution in [0.1, 0.15) is 17.0 Å². The summed E-state index contributed by atoms with van der Waals surface area (Å²) in [5.74, 6) is 0. The quantitative estimate of drug-likeness (QED) is 0.589. The molecular formula is C9H12IN. The Bertz CT molecular complexity index is 245. The van der Waals surface area contributed by atoms with E-state index in [0.29, 0.717) is 0 Å². The third kappa shape index (κ3) is 2.43. The first-order valence-corrected chi connectivity index (χ1v) is 5.25. The molecule has 0 atom stereocenters. The zero-order valence-electron chi connectivity index (χ0n) is 6.89. The lowest BCUT2D eigenvalue weighted by atomic mass is 10.1. The van der Waals surface area contributed by atoms with Gasteiger partial charge in [-0.1, -0.05) is 28.7 Å². The molecule has 0 N–H and O–H groups in total. The zero-order valence-corrected chi connectivity index (χ0v) is 9.05. The first-order valence-electron chi connectivity index (χ1n) is 3.73. The van der Waals surface area contributed by atoms with Crippen LogP contribution in [0.15, 0.2) is 12.1 Å². The summed E-state index contributed by atoms with van der Waals surface area (Å²) >= 11 is 2.39. The van der Waals surface area contributed by atoms with Gasteiger partial charge in [-0.2, -0.15) is 0 Å². The summed E-state index contributed by atoms with van der Waals surface area (Å²) in [6.45, 7) is 4.11. The van der Waals surface area contributed by atoms with Gasteiger partial charge in [-0.05, 0) is 31.9 Å². The van der Waals surface area contributed by atoms with Crippen LogP contribution in [0.4, 0.5) is 0 Å². The normalized spacial score (nSPS) is 10.1.